The first-order chi connectivity index (χ1) is 6.37. The predicted octanol–water partition coefficient (Wildman–Crippen LogP) is 3.68. The molecule has 1 nitrogen and oxygen atoms in total. The zero-order valence-electron chi connectivity index (χ0n) is 9.18. The van der Waals surface area contributed by atoms with Gasteiger partial charge < -0.3 is 0 Å². The number of halogens is 1. The van der Waals surface area contributed by atoms with Crippen LogP contribution in [0.15, 0.2) is 0 Å². The molecule has 1 saturated heterocycles. The second-order valence-corrected chi connectivity index (χ2v) is 17.9. The van der Waals surface area contributed by atoms with Crippen molar-refractivity contribution in [2.24, 2.45) is 16.7 Å². The van der Waals surface area contributed by atoms with Crippen LogP contribution in [0.4, 0.5) is 0 Å². The van der Waals surface area contributed by atoms with Crippen LogP contribution < -0.4 is 0 Å². The van der Waals surface area contributed by atoms with Crippen molar-refractivity contribution in [2.45, 2.75) is 50.4 Å². The molecule has 2 aliphatic carbocycles. The van der Waals surface area contributed by atoms with Crippen LogP contribution >= 0.6 is 14.1 Å². The molecule has 3 heteroatoms. The molecule has 14 heavy (non-hydrogen) atoms. The Bertz CT molecular complexity index is 289. The Labute approximate surface area is 96.2 Å². The molecule has 4 unspecified atom stereocenters. The van der Waals surface area contributed by atoms with Crippen LogP contribution in [0.25, 0.3) is 0 Å². The molecule has 0 aromatic heterocycles. The average Bonchev–Trinajstić information content (AvgIpc) is 2.50. The molecule has 4 atom stereocenters. The van der Waals surface area contributed by atoms with Gasteiger partial charge in [0.2, 0.25) is 0 Å². The summed E-state index contributed by atoms with van der Waals surface area (Å²) in [5.74, 6) is 3.28. The molecule has 1 heterocycles. The van der Waals surface area contributed by atoms with E-state index in [1.54, 1.807) is 0 Å². The van der Waals surface area contributed by atoms with Gasteiger partial charge in [-0.05, 0) is 0 Å². The number of hydrogen-bond acceptors (Lipinski definition) is 1. The van der Waals surface area contributed by atoms with Gasteiger partial charge >= 0.3 is 96.4 Å². The second-order valence-electron chi connectivity index (χ2n) is 5.98. The van der Waals surface area contributed by atoms with E-state index in [0.29, 0.717) is 16.9 Å². The maximum atomic E-state index is 6.31. The molecule has 1 aliphatic heterocycles. The van der Waals surface area contributed by atoms with Crippen molar-refractivity contribution in [1.29, 1.82) is 0 Å². The molecule has 82 valence electrons. The summed E-state index contributed by atoms with van der Waals surface area (Å²) in [7, 11) is 0. The molecule has 0 aromatic carbocycles. The van der Waals surface area contributed by atoms with Gasteiger partial charge in [-0.1, -0.05) is 0 Å². The van der Waals surface area contributed by atoms with Crippen molar-refractivity contribution < 1.29 is 3.82 Å². The third kappa shape index (κ3) is 1.00. The Morgan fingerprint density at radius 1 is 1.43 bits per heavy atom. The van der Waals surface area contributed by atoms with Crippen LogP contribution in [0, 0.1) is 16.7 Å². The van der Waals surface area contributed by atoms with E-state index in [9.17, 15) is 0 Å². The summed E-state index contributed by atoms with van der Waals surface area (Å²) in [6.45, 7) is 4.97. The van der Waals surface area contributed by atoms with E-state index in [-0.39, 0.29) is 0 Å². The second kappa shape index (κ2) is 2.61. The molecule has 3 rings (SSSR count). The molecule has 0 aromatic rings. The summed E-state index contributed by atoms with van der Waals surface area (Å²) < 4.78 is 6.31. The monoisotopic (exact) mass is 326 g/mol. The fourth-order valence-electron chi connectivity index (χ4n) is 4.21. The summed E-state index contributed by atoms with van der Waals surface area (Å²) in [5.41, 5.74) is 1.09. The molecule has 2 saturated carbocycles. The number of hydrogen-bond donors (Lipinski definition) is 0. The van der Waals surface area contributed by atoms with Gasteiger partial charge in [-0.15, -0.1) is 0 Å². The summed E-state index contributed by atoms with van der Waals surface area (Å²) in [6.07, 6.45) is 4.81. The average molecular weight is 326 g/mol. The first kappa shape index (κ1) is 10.1. The first-order valence-electron chi connectivity index (χ1n) is 5.51. The first-order valence-corrected chi connectivity index (χ1v) is 13.1. The van der Waals surface area contributed by atoms with Crippen LogP contribution in [0.3, 0.4) is 0 Å². The SMILES string of the molecule is CC1(C)C2CCC13C[Se](C)(Br)OC3C2. The van der Waals surface area contributed by atoms with E-state index in [0.717, 1.165) is 5.92 Å². The predicted molar refractivity (Wildman–Crippen MR) is 63.8 cm³/mol. The van der Waals surface area contributed by atoms with Crippen LogP contribution in [-0.2, 0) is 3.82 Å². The summed E-state index contributed by atoms with van der Waals surface area (Å²) in [4.78, 5) is 0. The van der Waals surface area contributed by atoms with E-state index >= 15 is 0 Å². The summed E-state index contributed by atoms with van der Waals surface area (Å²) in [6, 6.07) is 0. The molecule has 0 radical (unpaired) electrons. The third-order valence-electron chi connectivity index (χ3n) is 5.19. The van der Waals surface area contributed by atoms with Crippen LogP contribution in [0.5, 0.6) is 0 Å². The van der Waals surface area contributed by atoms with E-state index in [4.69, 9.17) is 3.82 Å². The van der Waals surface area contributed by atoms with Crippen molar-refractivity contribution in [1.82, 2.24) is 0 Å². The molecule has 1 spiro atoms. The van der Waals surface area contributed by atoms with Gasteiger partial charge in [0.25, 0.3) is 0 Å². The van der Waals surface area contributed by atoms with Gasteiger partial charge in [0, 0.05) is 0 Å². The zero-order valence-corrected chi connectivity index (χ0v) is 12.5. The van der Waals surface area contributed by atoms with Crippen molar-refractivity contribution in [3.8, 4) is 0 Å². The number of fused-ring (bicyclic) bond motifs is 1. The van der Waals surface area contributed by atoms with Crippen molar-refractivity contribution in [2.75, 3.05) is 0 Å². The minimum atomic E-state index is -1.66. The third-order valence-corrected chi connectivity index (χ3v) is 10.7. The van der Waals surface area contributed by atoms with E-state index in [1.165, 1.54) is 24.6 Å². The fourth-order valence-corrected chi connectivity index (χ4v) is 12.4. The van der Waals surface area contributed by atoms with E-state index in [1.807, 2.05) is 0 Å². The number of rotatable bonds is 0. The van der Waals surface area contributed by atoms with Gasteiger partial charge in [0.1, 0.15) is 0 Å². The van der Waals surface area contributed by atoms with Crippen molar-refractivity contribution >= 4 is 25.5 Å². The van der Waals surface area contributed by atoms with Crippen LogP contribution in [0.1, 0.15) is 33.1 Å². The quantitative estimate of drug-likeness (QED) is 0.617. The molecular weight excluding hydrogens is 307 g/mol. The van der Waals surface area contributed by atoms with Crippen molar-refractivity contribution in [3.63, 3.8) is 0 Å². The molecule has 3 aliphatic rings. The van der Waals surface area contributed by atoms with Gasteiger partial charge in [0.15, 0.2) is 0 Å². The Balaban J connectivity index is 2.04. The fraction of sp³-hybridized carbons (Fsp3) is 1.00. The van der Waals surface area contributed by atoms with Crippen LogP contribution in [0.2, 0.25) is 11.1 Å². The molecular formula is C11H19BrOSe. The summed E-state index contributed by atoms with van der Waals surface area (Å²) >= 11 is 2.22. The minimum absolute atomic E-state index is 0.542. The summed E-state index contributed by atoms with van der Waals surface area (Å²) in [5, 5.41) is 1.36. The molecule has 0 N–H and O–H groups in total. The Morgan fingerprint density at radius 3 is 2.71 bits per heavy atom. The van der Waals surface area contributed by atoms with Gasteiger partial charge in [-0.2, -0.15) is 0 Å². The maximum absolute atomic E-state index is 6.31. The molecule has 3 fully saturated rings. The standard InChI is InChI=1S/C11H19BrOSe/c1-10(2)8-4-5-11(10)7-14(3,12)13-9(11)6-8/h8-9H,4-7H2,1-3H3. The van der Waals surface area contributed by atoms with Crippen molar-refractivity contribution in [3.05, 3.63) is 0 Å². The Morgan fingerprint density at radius 2 is 2.14 bits per heavy atom. The Hall–Kier alpha value is 0.959. The molecule has 0 amide bonds. The van der Waals surface area contributed by atoms with E-state index < -0.39 is 11.4 Å². The topological polar surface area (TPSA) is 9.23 Å². The molecule has 2 bridgehead atoms. The van der Waals surface area contributed by atoms with Gasteiger partial charge in [-0.25, -0.2) is 0 Å². The Kier molecular flexibility index (Phi) is 1.89. The normalized spacial score (nSPS) is 63.7. The van der Waals surface area contributed by atoms with Gasteiger partial charge in [-0.3, -0.25) is 0 Å². The van der Waals surface area contributed by atoms with E-state index in [2.05, 4.69) is 33.8 Å². The van der Waals surface area contributed by atoms with Crippen LogP contribution in [-0.4, -0.2) is 17.5 Å². The van der Waals surface area contributed by atoms with Gasteiger partial charge in [0.05, 0.1) is 0 Å². The zero-order chi connectivity index (χ0) is 10.2.